The predicted molar refractivity (Wildman–Crippen MR) is 71.8 cm³/mol. The molecule has 0 radical (unpaired) electrons. The highest BCUT2D eigenvalue weighted by atomic mass is 16.5. The van der Waals surface area contributed by atoms with Gasteiger partial charge in [0.25, 0.3) is 0 Å². The van der Waals surface area contributed by atoms with Crippen LogP contribution in [0.5, 0.6) is 5.75 Å². The zero-order chi connectivity index (χ0) is 11.9. The smallest absolute Gasteiger partial charge is 0.142 e. The van der Waals surface area contributed by atoms with Crippen LogP contribution in [0.15, 0.2) is 24.3 Å². The van der Waals surface area contributed by atoms with Crippen LogP contribution in [-0.4, -0.2) is 38.2 Å². The molecule has 0 saturated carbocycles. The van der Waals surface area contributed by atoms with Crippen molar-refractivity contribution in [3.8, 4) is 5.75 Å². The number of rotatable bonds is 0. The molecule has 2 rings (SSSR count). The molecule has 17 heavy (non-hydrogen) atoms. The first kappa shape index (κ1) is 12.2. The van der Waals surface area contributed by atoms with Gasteiger partial charge in [0.1, 0.15) is 5.75 Å². The molecule has 0 unspecified atom stereocenters. The average molecular weight is 234 g/mol. The third-order valence-electron chi connectivity index (χ3n) is 3.11. The second kappa shape index (κ2) is 6.50. The molecule has 1 N–H and O–H groups in total. The van der Waals surface area contributed by atoms with Crippen LogP contribution in [-0.2, 0) is 0 Å². The molecule has 0 bridgehead atoms. The molecular weight excluding hydrogens is 212 g/mol. The van der Waals surface area contributed by atoms with E-state index in [2.05, 4.69) is 29.4 Å². The maximum atomic E-state index is 5.82. The molecule has 0 aliphatic carbocycles. The lowest BCUT2D eigenvalue weighted by Crippen LogP contribution is -2.23. The van der Waals surface area contributed by atoms with Crippen LogP contribution < -0.4 is 10.1 Å². The molecular formula is C14H22N2O. The number of nitrogens with zero attached hydrogens (tertiary/aromatic N) is 1. The van der Waals surface area contributed by atoms with Crippen LogP contribution in [0.4, 0.5) is 5.69 Å². The molecule has 0 amide bonds. The minimum Gasteiger partial charge on any atom is -0.491 e. The predicted octanol–water partition coefficient (Wildman–Crippen LogP) is 2.59. The number of nitrogens with one attached hydrogen (secondary N) is 1. The first-order chi connectivity index (χ1) is 8.36. The Labute approximate surface area is 104 Å². The molecule has 1 aromatic carbocycles. The molecule has 3 heteroatoms. The number of hydrogen-bond acceptors (Lipinski definition) is 3. The molecule has 0 atom stereocenters. The summed E-state index contributed by atoms with van der Waals surface area (Å²) >= 11 is 0. The van der Waals surface area contributed by atoms with E-state index in [1.165, 1.54) is 19.4 Å². The third kappa shape index (κ3) is 3.93. The van der Waals surface area contributed by atoms with Gasteiger partial charge in [-0.1, -0.05) is 12.1 Å². The molecule has 94 valence electrons. The SMILES string of the molecule is CN1CCCCNc2ccccc2OCCC1. The van der Waals surface area contributed by atoms with Gasteiger partial charge >= 0.3 is 0 Å². The Hall–Kier alpha value is -1.22. The van der Waals surface area contributed by atoms with Crippen molar-refractivity contribution in [2.24, 2.45) is 0 Å². The molecule has 1 aromatic rings. The highest BCUT2D eigenvalue weighted by molar-refractivity contribution is 5.56. The molecule has 1 aliphatic heterocycles. The average Bonchev–Trinajstić information content (AvgIpc) is 2.34. The largest absolute Gasteiger partial charge is 0.491 e. The van der Waals surface area contributed by atoms with Crippen LogP contribution in [0.2, 0.25) is 0 Å². The quantitative estimate of drug-likeness (QED) is 0.746. The summed E-state index contributed by atoms with van der Waals surface area (Å²) in [6, 6.07) is 8.21. The summed E-state index contributed by atoms with van der Waals surface area (Å²) in [7, 11) is 2.19. The van der Waals surface area contributed by atoms with Gasteiger partial charge in [-0.3, -0.25) is 0 Å². The van der Waals surface area contributed by atoms with E-state index in [-0.39, 0.29) is 0 Å². The van der Waals surface area contributed by atoms with Crippen LogP contribution in [0.25, 0.3) is 0 Å². The zero-order valence-electron chi connectivity index (χ0n) is 10.6. The van der Waals surface area contributed by atoms with E-state index in [1.807, 2.05) is 12.1 Å². The van der Waals surface area contributed by atoms with Crippen molar-refractivity contribution in [2.45, 2.75) is 19.3 Å². The first-order valence-electron chi connectivity index (χ1n) is 6.50. The molecule has 1 aliphatic rings. The minimum atomic E-state index is 0.795. The number of para-hydroxylation sites is 2. The lowest BCUT2D eigenvalue weighted by atomic mass is 10.2. The molecule has 0 spiro atoms. The van der Waals surface area contributed by atoms with Gasteiger partial charge in [-0.05, 0) is 45.0 Å². The number of benzene rings is 1. The third-order valence-corrected chi connectivity index (χ3v) is 3.11. The van der Waals surface area contributed by atoms with Crippen LogP contribution >= 0.6 is 0 Å². The van der Waals surface area contributed by atoms with Crippen molar-refractivity contribution in [3.05, 3.63) is 24.3 Å². The lowest BCUT2D eigenvalue weighted by Gasteiger charge is -2.19. The summed E-state index contributed by atoms with van der Waals surface area (Å²) in [5, 5.41) is 3.45. The fourth-order valence-electron chi connectivity index (χ4n) is 2.10. The van der Waals surface area contributed by atoms with Gasteiger partial charge < -0.3 is 15.0 Å². The van der Waals surface area contributed by atoms with Gasteiger partial charge in [-0.2, -0.15) is 0 Å². The van der Waals surface area contributed by atoms with Gasteiger partial charge in [-0.25, -0.2) is 0 Å². The van der Waals surface area contributed by atoms with Crippen molar-refractivity contribution in [1.29, 1.82) is 0 Å². The van der Waals surface area contributed by atoms with Crippen LogP contribution in [0, 0.1) is 0 Å². The van der Waals surface area contributed by atoms with Gasteiger partial charge in [0.05, 0.1) is 12.3 Å². The maximum Gasteiger partial charge on any atom is 0.142 e. The van der Waals surface area contributed by atoms with Gasteiger partial charge in [0.2, 0.25) is 0 Å². The zero-order valence-corrected chi connectivity index (χ0v) is 10.6. The lowest BCUT2D eigenvalue weighted by molar-refractivity contribution is 0.260. The van der Waals surface area contributed by atoms with Crippen molar-refractivity contribution in [1.82, 2.24) is 4.90 Å². The number of anilines is 1. The first-order valence-corrected chi connectivity index (χ1v) is 6.50. The molecule has 3 nitrogen and oxygen atoms in total. The Morgan fingerprint density at radius 1 is 1.12 bits per heavy atom. The van der Waals surface area contributed by atoms with E-state index in [0.717, 1.165) is 37.6 Å². The highest BCUT2D eigenvalue weighted by Gasteiger charge is 2.05. The molecule has 0 aromatic heterocycles. The van der Waals surface area contributed by atoms with Crippen molar-refractivity contribution in [3.63, 3.8) is 0 Å². The molecule has 0 fully saturated rings. The maximum absolute atomic E-state index is 5.82. The van der Waals surface area contributed by atoms with E-state index in [9.17, 15) is 0 Å². The Kier molecular flexibility index (Phi) is 4.68. The van der Waals surface area contributed by atoms with Gasteiger partial charge in [-0.15, -0.1) is 0 Å². The number of hydrogen-bond donors (Lipinski definition) is 1. The van der Waals surface area contributed by atoms with Crippen molar-refractivity contribution >= 4 is 5.69 Å². The van der Waals surface area contributed by atoms with E-state index >= 15 is 0 Å². The summed E-state index contributed by atoms with van der Waals surface area (Å²) in [6.45, 7) is 4.12. The summed E-state index contributed by atoms with van der Waals surface area (Å²) in [6.07, 6.45) is 3.55. The summed E-state index contributed by atoms with van der Waals surface area (Å²) in [5.41, 5.74) is 1.13. The van der Waals surface area contributed by atoms with Gasteiger partial charge in [0.15, 0.2) is 0 Å². The molecule has 1 heterocycles. The van der Waals surface area contributed by atoms with E-state index in [0.29, 0.717) is 0 Å². The summed E-state index contributed by atoms with van der Waals surface area (Å²) in [4.78, 5) is 2.39. The van der Waals surface area contributed by atoms with Crippen LogP contribution in [0.1, 0.15) is 19.3 Å². The van der Waals surface area contributed by atoms with Crippen LogP contribution in [0.3, 0.4) is 0 Å². The highest BCUT2D eigenvalue weighted by Crippen LogP contribution is 2.24. The number of ether oxygens (including phenoxy) is 1. The second-order valence-corrected chi connectivity index (χ2v) is 4.64. The number of fused-ring (bicyclic) bond motifs is 1. The Morgan fingerprint density at radius 3 is 2.88 bits per heavy atom. The Morgan fingerprint density at radius 2 is 1.94 bits per heavy atom. The van der Waals surface area contributed by atoms with E-state index in [1.54, 1.807) is 0 Å². The monoisotopic (exact) mass is 234 g/mol. The van der Waals surface area contributed by atoms with Crippen molar-refractivity contribution < 1.29 is 4.74 Å². The summed E-state index contributed by atoms with van der Waals surface area (Å²) < 4.78 is 5.82. The normalized spacial score (nSPS) is 19.1. The standard InChI is InChI=1S/C14H22N2O/c1-16-10-5-4-9-15-13-7-2-3-8-14(13)17-12-6-11-16/h2-3,7-8,15H,4-6,9-12H2,1H3. The van der Waals surface area contributed by atoms with Gasteiger partial charge in [0, 0.05) is 13.1 Å². The fourth-order valence-corrected chi connectivity index (χ4v) is 2.10. The van der Waals surface area contributed by atoms with Crippen molar-refractivity contribution in [2.75, 3.05) is 38.6 Å². The minimum absolute atomic E-state index is 0.795. The van der Waals surface area contributed by atoms with E-state index in [4.69, 9.17) is 4.74 Å². The molecule has 0 saturated heterocycles. The Balaban J connectivity index is 1.99. The Bertz CT molecular complexity index is 341. The topological polar surface area (TPSA) is 24.5 Å². The fraction of sp³-hybridized carbons (Fsp3) is 0.571. The van der Waals surface area contributed by atoms with E-state index < -0.39 is 0 Å². The second-order valence-electron chi connectivity index (χ2n) is 4.64. The summed E-state index contributed by atoms with van der Waals surface area (Å²) in [5.74, 6) is 0.982.